The summed E-state index contributed by atoms with van der Waals surface area (Å²) in [7, 11) is 0. The Hall–Kier alpha value is -0.790. The van der Waals surface area contributed by atoms with Gasteiger partial charge in [0.1, 0.15) is 0 Å². The summed E-state index contributed by atoms with van der Waals surface area (Å²) < 4.78 is 1.76. The average Bonchev–Trinajstić information content (AvgIpc) is 2.93. The monoisotopic (exact) mass is 550 g/mol. The van der Waals surface area contributed by atoms with Crippen LogP contribution in [0.1, 0.15) is 182 Å². The molecule has 4 heteroatoms. The van der Waals surface area contributed by atoms with Crippen molar-refractivity contribution in [3.63, 3.8) is 0 Å². The summed E-state index contributed by atoms with van der Waals surface area (Å²) in [5.74, 6) is 0. The fraction of sp³-hybridized carbons (Fsp3) is 0.941. The molecule has 0 bridgehead atoms. The zero-order valence-corrected chi connectivity index (χ0v) is 27.5. The molecule has 0 saturated heterocycles. The van der Waals surface area contributed by atoms with Crippen molar-refractivity contribution < 1.29 is 0 Å². The standard InChI is InChI=1S/C34H68N3P/c1-5-9-13-17-18-19-20-21-22-23-24-28-32-38(37(33-35)34-36,29-25-14-10-6-2,30-26-15-11-7-3)31-27-16-12-8-4/h5-32H2,1-4H3. The molecule has 0 fully saturated rings. The van der Waals surface area contributed by atoms with Crippen LogP contribution in [-0.2, 0) is 0 Å². The van der Waals surface area contributed by atoms with E-state index >= 15 is 0 Å². The summed E-state index contributed by atoms with van der Waals surface area (Å²) in [4.78, 5) is 0. The van der Waals surface area contributed by atoms with E-state index in [0.717, 1.165) is 24.6 Å². The van der Waals surface area contributed by atoms with E-state index in [0.29, 0.717) is 0 Å². The van der Waals surface area contributed by atoms with E-state index in [-0.39, 0.29) is 0 Å². The maximum atomic E-state index is 10.3. The van der Waals surface area contributed by atoms with E-state index in [1.54, 1.807) is 4.67 Å². The van der Waals surface area contributed by atoms with Gasteiger partial charge in [-0.1, -0.05) is 13.3 Å². The normalized spacial score (nSPS) is 12.5. The maximum absolute atomic E-state index is 10.3. The predicted molar refractivity (Wildman–Crippen MR) is 173 cm³/mol. The number of hydrogen-bond donors (Lipinski definition) is 0. The molecule has 0 aliphatic rings. The van der Waals surface area contributed by atoms with Gasteiger partial charge in [0.2, 0.25) is 0 Å². The minimum atomic E-state index is -2.62. The Morgan fingerprint density at radius 3 is 0.816 bits per heavy atom. The Bertz CT molecular complexity index is 558. The first-order chi connectivity index (χ1) is 18.6. The van der Waals surface area contributed by atoms with Crippen LogP contribution in [0.4, 0.5) is 0 Å². The average molecular weight is 550 g/mol. The Morgan fingerprint density at radius 1 is 0.368 bits per heavy atom. The van der Waals surface area contributed by atoms with Crippen molar-refractivity contribution in [1.29, 1.82) is 10.5 Å². The summed E-state index contributed by atoms with van der Waals surface area (Å²) in [6, 6.07) is 0. The molecule has 0 aliphatic carbocycles. The van der Waals surface area contributed by atoms with E-state index in [1.165, 1.54) is 154 Å². The second-order valence-corrected chi connectivity index (χ2v) is 18.4. The van der Waals surface area contributed by atoms with Gasteiger partial charge in [0.15, 0.2) is 0 Å². The summed E-state index contributed by atoms with van der Waals surface area (Å²) >= 11 is 0. The molecule has 0 spiro atoms. The molecule has 224 valence electrons. The Labute approximate surface area is 240 Å². The number of unbranched alkanes of at least 4 members (excludes halogenated alkanes) is 20. The van der Waals surface area contributed by atoms with Crippen LogP contribution in [0.25, 0.3) is 0 Å². The van der Waals surface area contributed by atoms with Crippen LogP contribution in [0.5, 0.6) is 0 Å². The van der Waals surface area contributed by atoms with Gasteiger partial charge in [0, 0.05) is 0 Å². The van der Waals surface area contributed by atoms with Crippen LogP contribution in [-0.4, -0.2) is 29.3 Å². The van der Waals surface area contributed by atoms with Gasteiger partial charge in [-0.2, -0.15) is 0 Å². The SMILES string of the molecule is CCCCCCCCCCCCCCP(CCCCCC)(CCCCCC)(CCCCCC)N(C#N)C#N. The van der Waals surface area contributed by atoms with Crippen molar-refractivity contribution in [2.45, 2.75) is 182 Å². The van der Waals surface area contributed by atoms with Crippen LogP contribution < -0.4 is 0 Å². The van der Waals surface area contributed by atoms with Crippen LogP contribution in [0.2, 0.25) is 0 Å². The summed E-state index contributed by atoms with van der Waals surface area (Å²) in [5.41, 5.74) is 0. The van der Waals surface area contributed by atoms with E-state index in [4.69, 9.17) is 0 Å². The third kappa shape index (κ3) is 15.7. The van der Waals surface area contributed by atoms with Crippen molar-refractivity contribution in [2.24, 2.45) is 0 Å². The third-order valence-corrected chi connectivity index (χ3v) is 16.3. The van der Waals surface area contributed by atoms with Gasteiger partial charge in [-0.3, -0.25) is 0 Å². The van der Waals surface area contributed by atoms with Crippen LogP contribution in [0, 0.1) is 22.9 Å². The van der Waals surface area contributed by atoms with Crippen LogP contribution in [0.15, 0.2) is 0 Å². The second kappa shape index (κ2) is 25.2. The van der Waals surface area contributed by atoms with Crippen LogP contribution in [0.3, 0.4) is 0 Å². The topological polar surface area (TPSA) is 50.8 Å². The molecule has 0 radical (unpaired) electrons. The Kier molecular flexibility index (Phi) is 24.7. The third-order valence-electron chi connectivity index (χ3n) is 9.10. The number of hydrogen-bond acceptors (Lipinski definition) is 3. The van der Waals surface area contributed by atoms with Crippen molar-refractivity contribution in [3.05, 3.63) is 0 Å². The van der Waals surface area contributed by atoms with Crippen molar-refractivity contribution in [1.82, 2.24) is 4.67 Å². The van der Waals surface area contributed by atoms with E-state index in [2.05, 4.69) is 40.1 Å². The fourth-order valence-electron chi connectivity index (χ4n) is 6.54. The van der Waals surface area contributed by atoms with Gasteiger partial charge in [0.25, 0.3) is 0 Å². The minimum absolute atomic E-state index is 1.14. The number of nitriles is 2. The Morgan fingerprint density at radius 2 is 0.579 bits per heavy atom. The molecule has 0 N–H and O–H groups in total. The van der Waals surface area contributed by atoms with Gasteiger partial charge in [-0.25, -0.2) is 0 Å². The molecule has 3 nitrogen and oxygen atoms in total. The molecule has 0 saturated carbocycles. The van der Waals surface area contributed by atoms with Crippen molar-refractivity contribution in [2.75, 3.05) is 24.6 Å². The molecule has 0 amide bonds. The quantitative estimate of drug-likeness (QED) is 0.0403. The molecule has 0 rings (SSSR count). The molecule has 0 atom stereocenters. The number of rotatable bonds is 29. The summed E-state index contributed by atoms with van der Waals surface area (Å²) in [6.45, 7) is 6.50. The van der Waals surface area contributed by atoms with Gasteiger partial charge >= 0.3 is 227 Å². The number of nitrogens with zero attached hydrogens (tertiary/aromatic N) is 3. The zero-order chi connectivity index (χ0) is 28.2. The molecule has 0 aliphatic heterocycles. The molecular weight excluding hydrogens is 481 g/mol. The van der Waals surface area contributed by atoms with E-state index in [1.807, 2.05) is 0 Å². The first-order valence-electron chi connectivity index (χ1n) is 17.2. The molecule has 0 aromatic carbocycles. The molecular formula is C34H68N3P. The summed E-state index contributed by atoms with van der Waals surface area (Å²) in [6.07, 6.45) is 40.8. The first-order valence-corrected chi connectivity index (χ1v) is 20.1. The van der Waals surface area contributed by atoms with Crippen molar-refractivity contribution in [3.8, 4) is 12.4 Å². The molecule has 0 aromatic heterocycles. The molecule has 0 heterocycles. The summed E-state index contributed by atoms with van der Waals surface area (Å²) in [5, 5.41) is 20.6. The zero-order valence-electron chi connectivity index (χ0n) is 26.6. The predicted octanol–water partition coefficient (Wildman–Crippen LogP) is 12.2. The van der Waals surface area contributed by atoms with Gasteiger partial charge < -0.3 is 0 Å². The van der Waals surface area contributed by atoms with Crippen molar-refractivity contribution >= 4 is 6.75 Å². The van der Waals surface area contributed by atoms with Gasteiger partial charge in [-0.05, 0) is 0 Å². The van der Waals surface area contributed by atoms with Crippen LogP contribution >= 0.6 is 6.75 Å². The molecule has 38 heavy (non-hydrogen) atoms. The van der Waals surface area contributed by atoms with Gasteiger partial charge in [-0.15, -0.1) is 0 Å². The van der Waals surface area contributed by atoms with E-state index in [9.17, 15) is 10.5 Å². The van der Waals surface area contributed by atoms with Gasteiger partial charge in [0.05, 0.1) is 0 Å². The first kappa shape index (κ1) is 37.2. The molecule has 0 aromatic rings. The van der Waals surface area contributed by atoms with E-state index < -0.39 is 6.75 Å². The second-order valence-electron chi connectivity index (χ2n) is 12.4. The Balaban J connectivity index is 5.31. The molecule has 0 unspecified atom stereocenters. The fourth-order valence-corrected chi connectivity index (χ4v) is 13.3.